The Bertz CT molecular complexity index is 874. The largest absolute Gasteiger partial charge is 0.497 e. The van der Waals surface area contributed by atoms with E-state index in [2.05, 4.69) is 0 Å². The Hall–Kier alpha value is -3.08. The van der Waals surface area contributed by atoms with E-state index in [-0.39, 0.29) is 5.78 Å². The normalized spacial score (nSPS) is 10.5. The van der Waals surface area contributed by atoms with Gasteiger partial charge < -0.3 is 13.9 Å². The number of carbonyl (C=O) groups is 2. The average molecular weight is 310 g/mol. The zero-order valence-corrected chi connectivity index (χ0v) is 12.7. The molecule has 0 atom stereocenters. The van der Waals surface area contributed by atoms with E-state index in [1.165, 1.54) is 13.4 Å². The highest BCUT2D eigenvalue weighted by molar-refractivity contribution is 6.16. The van der Waals surface area contributed by atoms with Crippen LogP contribution in [0.25, 0.3) is 11.0 Å². The summed E-state index contributed by atoms with van der Waals surface area (Å²) in [6.07, 6.45) is 1.40. The fourth-order valence-corrected chi connectivity index (χ4v) is 2.35. The molecule has 0 radical (unpaired) electrons. The predicted molar refractivity (Wildman–Crippen MR) is 84.0 cm³/mol. The van der Waals surface area contributed by atoms with Crippen LogP contribution in [0.1, 0.15) is 26.3 Å². The quantitative estimate of drug-likeness (QED) is 0.545. The maximum absolute atomic E-state index is 12.7. The van der Waals surface area contributed by atoms with Gasteiger partial charge in [-0.2, -0.15) is 0 Å². The minimum atomic E-state index is -0.462. The predicted octanol–water partition coefficient (Wildman–Crippen LogP) is 3.46. The number of furan rings is 1. The van der Waals surface area contributed by atoms with Gasteiger partial charge in [-0.05, 0) is 42.5 Å². The minimum Gasteiger partial charge on any atom is -0.497 e. The number of benzene rings is 2. The molecule has 0 aliphatic rings. The maximum atomic E-state index is 12.7. The third kappa shape index (κ3) is 2.68. The zero-order valence-electron chi connectivity index (χ0n) is 12.7. The molecule has 0 unspecified atom stereocenters. The van der Waals surface area contributed by atoms with Crippen LogP contribution in [-0.4, -0.2) is 26.0 Å². The van der Waals surface area contributed by atoms with Gasteiger partial charge in [-0.15, -0.1) is 0 Å². The van der Waals surface area contributed by atoms with E-state index in [4.69, 9.17) is 13.9 Å². The molecule has 0 amide bonds. The number of hydrogen-bond donors (Lipinski definition) is 0. The molecule has 0 saturated heterocycles. The fourth-order valence-electron chi connectivity index (χ4n) is 2.35. The van der Waals surface area contributed by atoms with E-state index < -0.39 is 5.97 Å². The molecule has 0 aliphatic carbocycles. The van der Waals surface area contributed by atoms with Crippen molar-refractivity contribution in [1.29, 1.82) is 0 Å². The SMILES string of the molecule is COC(=O)c1ccc2occ(C(=O)c3ccc(OC)cc3)c2c1. The first-order valence-corrected chi connectivity index (χ1v) is 6.92. The summed E-state index contributed by atoms with van der Waals surface area (Å²) in [5, 5.41) is 0.578. The van der Waals surface area contributed by atoms with Crippen molar-refractivity contribution in [2.45, 2.75) is 0 Å². The van der Waals surface area contributed by atoms with E-state index in [1.54, 1.807) is 49.6 Å². The Morgan fingerprint density at radius 1 is 0.957 bits per heavy atom. The first-order valence-electron chi connectivity index (χ1n) is 6.92. The second kappa shape index (κ2) is 5.96. The first-order chi connectivity index (χ1) is 11.1. The summed E-state index contributed by atoms with van der Waals surface area (Å²) in [6.45, 7) is 0. The Balaban J connectivity index is 2.04. The van der Waals surface area contributed by atoms with Gasteiger partial charge in [-0.25, -0.2) is 4.79 Å². The summed E-state index contributed by atoms with van der Waals surface area (Å²) in [4.78, 5) is 24.3. The Labute approximate surface area is 132 Å². The lowest BCUT2D eigenvalue weighted by Crippen LogP contribution is -2.02. The molecule has 2 aromatic carbocycles. The van der Waals surface area contributed by atoms with Gasteiger partial charge in [0.05, 0.1) is 25.3 Å². The lowest BCUT2D eigenvalue weighted by molar-refractivity contribution is 0.0600. The van der Waals surface area contributed by atoms with Crippen molar-refractivity contribution in [3.8, 4) is 5.75 Å². The van der Waals surface area contributed by atoms with Crippen LogP contribution in [0, 0.1) is 0 Å². The molecule has 0 bridgehead atoms. The van der Waals surface area contributed by atoms with Gasteiger partial charge in [0.2, 0.25) is 0 Å². The summed E-state index contributed by atoms with van der Waals surface area (Å²) in [5.74, 6) is 0.0240. The van der Waals surface area contributed by atoms with Gasteiger partial charge in [-0.3, -0.25) is 4.79 Å². The van der Waals surface area contributed by atoms with Crippen molar-refractivity contribution in [2.24, 2.45) is 0 Å². The van der Waals surface area contributed by atoms with Gasteiger partial charge >= 0.3 is 5.97 Å². The van der Waals surface area contributed by atoms with Gasteiger partial charge in [0.1, 0.15) is 17.6 Å². The van der Waals surface area contributed by atoms with Crippen LogP contribution in [0.5, 0.6) is 5.75 Å². The smallest absolute Gasteiger partial charge is 0.337 e. The Kier molecular flexibility index (Phi) is 3.85. The van der Waals surface area contributed by atoms with Crippen molar-refractivity contribution in [3.63, 3.8) is 0 Å². The molecule has 3 aromatic rings. The van der Waals surface area contributed by atoms with E-state index in [9.17, 15) is 9.59 Å². The van der Waals surface area contributed by atoms with Gasteiger partial charge in [-0.1, -0.05) is 0 Å². The summed E-state index contributed by atoms with van der Waals surface area (Å²) in [7, 11) is 2.88. The number of carbonyl (C=O) groups excluding carboxylic acids is 2. The second-order valence-corrected chi connectivity index (χ2v) is 4.91. The highest BCUT2D eigenvalue weighted by Crippen LogP contribution is 2.26. The van der Waals surface area contributed by atoms with Crippen LogP contribution in [0.3, 0.4) is 0 Å². The number of ether oxygens (including phenoxy) is 2. The number of ketones is 1. The van der Waals surface area contributed by atoms with Crippen molar-refractivity contribution >= 4 is 22.7 Å². The molecule has 0 aliphatic heterocycles. The molecule has 1 heterocycles. The molecule has 0 saturated carbocycles. The molecule has 0 spiro atoms. The van der Waals surface area contributed by atoms with Crippen LogP contribution in [0.15, 0.2) is 53.1 Å². The molecule has 0 fully saturated rings. The topological polar surface area (TPSA) is 65.7 Å². The van der Waals surface area contributed by atoms with Crippen molar-refractivity contribution < 1.29 is 23.5 Å². The number of hydrogen-bond acceptors (Lipinski definition) is 5. The monoisotopic (exact) mass is 310 g/mol. The van der Waals surface area contributed by atoms with Crippen molar-refractivity contribution in [2.75, 3.05) is 14.2 Å². The van der Waals surface area contributed by atoms with E-state index in [0.717, 1.165) is 0 Å². The van der Waals surface area contributed by atoms with Gasteiger partial charge in [0.15, 0.2) is 5.78 Å². The molecule has 23 heavy (non-hydrogen) atoms. The van der Waals surface area contributed by atoms with E-state index in [1.807, 2.05) is 0 Å². The van der Waals surface area contributed by atoms with Crippen LogP contribution < -0.4 is 4.74 Å². The standard InChI is InChI=1S/C18H14O5/c1-21-13-6-3-11(4-7-13)17(19)15-10-23-16-8-5-12(9-14(15)16)18(20)22-2/h3-10H,1-2H3. The second-order valence-electron chi connectivity index (χ2n) is 4.91. The van der Waals surface area contributed by atoms with Crippen LogP contribution in [-0.2, 0) is 4.74 Å². The molecule has 5 heteroatoms. The summed E-state index contributed by atoms with van der Waals surface area (Å²) >= 11 is 0. The summed E-state index contributed by atoms with van der Waals surface area (Å²) < 4.78 is 15.2. The Morgan fingerprint density at radius 2 is 1.65 bits per heavy atom. The van der Waals surface area contributed by atoms with Gasteiger partial charge in [0.25, 0.3) is 0 Å². The third-order valence-corrected chi connectivity index (χ3v) is 3.59. The maximum Gasteiger partial charge on any atom is 0.337 e. The van der Waals surface area contributed by atoms with Crippen LogP contribution in [0.2, 0.25) is 0 Å². The molecular formula is C18H14O5. The molecule has 5 nitrogen and oxygen atoms in total. The molecule has 116 valence electrons. The number of rotatable bonds is 4. The lowest BCUT2D eigenvalue weighted by atomic mass is 10.0. The van der Waals surface area contributed by atoms with Crippen LogP contribution in [0.4, 0.5) is 0 Å². The molecule has 3 rings (SSSR count). The number of fused-ring (bicyclic) bond motifs is 1. The fraction of sp³-hybridized carbons (Fsp3) is 0.111. The van der Waals surface area contributed by atoms with Gasteiger partial charge in [0, 0.05) is 10.9 Å². The number of esters is 1. The highest BCUT2D eigenvalue weighted by atomic mass is 16.5. The molecular weight excluding hydrogens is 296 g/mol. The van der Waals surface area contributed by atoms with E-state index >= 15 is 0 Å². The third-order valence-electron chi connectivity index (χ3n) is 3.59. The number of methoxy groups -OCH3 is 2. The highest BCUT2D eigenvalue weighted by Gasteiger charge is 2.17. The average Bonchev–Trinajstić information content (AvgIpc) is 3.03. The zero-order chi connectivity index (χ0) is 16.4. The van der Waals surface area contributed by atoms with Crippen LogP contribution >= 0.6 is 0 Å². The summed E-state index contributed by atoms with van der Waals surface area (Å²) in [5.41, 5.74) is 1.81. The molecule has 0 N–H and O–H groups in total. The summed E-state index contributed by atoms with van der Waals surface area (Å²) in [6, 6.07) is 11.6. The molecule has 1 aromatic heterocycles. The minimum absolute atomic E-state index is 0.187. The lowest BCUT2D eigenvalue weighted by Gasteiger charge is -2.03. The Morgan fingerprint density at radius 3 is 2.30 bits per heavy atom. The van der Waals surface area contributed by atoms with E-state index in [0.29, 0.717) is 33.4 Å². The van der Waals surface area contributed by atoms with Crippen molar-refractivity contribution in [1.82, 2.24) is 0 Å². The first kappa shape index (κ1) is 14.8. The van der Waals surface area contributed by atoms with Crippen molar-refractivity contribution in [3.05, 3.63) is 65.4 Å².